The maximum atomic E-state index is 13.4. The molecule has 0 saturated carbocycles. The second-order valence-electron chi connectivity index (χ2n) is 6.62. The molecule has 3 rings (SSSR count). The van der Waals surface area contributed by atoms with Gasteiger partial charge in [-0.05, 0) is 36.4 Å². The summed E-state index contributed by atoms with van der Waals surface area (Å²) in [4.78, 5) is 17.0. The molecule has 0 radical (unpaired) electrons. The van der Waals surface area contributed by atoms with Crippen molar-refractivity contribution in [3.8, 4) is 0 Å². The number of ketones is 1. The highest BCUT2D eigenvalue weighted by atomic mass is 35.5. The number of alkyl halides is 3. The summed E-state index contributed by atoms with van der Waals surface area (Å²) in [6, 6.07) is 10.4. The van der Waals surface area contributed by atoms with Crippen molar-refractivity contribution in [3.05, 3.63) is 81.6 Å². The molecule has 12 heteroatoms. The lowest BCUT2D eigenvalue weighted by molar-refractivity contribution is -0.137. The molecular formula is C21H16Cl2F3N3O3S. The Hall–Kier alpha value is -2.66. The molecule has 0 aliphatic heterocycles. The predicted octanol–water partition coefficient (Wildman–Crippen LogP) is 5.35. The maximum absolute atomic E-state index is 13.4. The van der Waals surface area contributed by atoms with E-state index in [4.69, 9.17) is 33.7 Å². The number of hydrogen-bond acceptors (Lipinski definition) is 5. The molecule has 2 aromatic carbocycles. The van der Waals surface area contributed by atoms with Gasteiger partial charge in [0.1, 0.15) is 12.4 Å². The second-order valence-corrected chi connectivity index (χ2v) is 8.88. The first-order valence-electron chi connectivity index (χ1n) is 9.14. The largest absolute Gasteiger partial charge is 0.417 e. The monoisotopic (exact) mass is 517 g/mol. The Morgan fingerprint density at radius 3 is 2.52 bits per heavy atom. The predicted molar refractivity (Wildman–Crippen MR) is 121 cm³/mol. The highest BCUT2D eigenvalue weighted by molar-refractivity contribution is 7.86. The third kappa shape index (κ3) is 5.47. The van der Waals surface area contributed by atoms with Crippen molar-refractivity contribution in [3.63, 3.8) is 0 Å². The van der Waals surface area contributed by atoms with Gasteiger partial charge < -0.3 is 10.5 Å². The summed E-state index contributed by atoms with van der Waals surface area (Å²) in [7, 11) is -0.961. The number of anilines is 2. The van der Waals surface area contributed by atoms with Crippen molar-refractivity contribution in [2.24, 2.45) is 0 Å². The van der Waals surface area contributed by atoms with Crippen molar-refractivity contribution in [2.45, 2.75) is 11.1 Å². The van der Waals surface area contributed by atoms with Crippen LogP contribution < -0.4 is 10.0 Å². The molecule has 1 unspecified atom stereocenters. The topological polar surface area (TPSA) is 85.5 Å². The zero-order valence-electron chi connectivity index (χ0n) is 16.9. The van der Waals surface area contributed by atoms with Gasteiger partial charge in [0.05, 0.1) is 26.2 Å². The van der Waals surface area contributed by atoms with Gasteiger partial charge in [-0.2, -0.15) is 13.2 Å². The summed E-state index contributed by atoms with van der Waals surface area (Å²) >= 11 is 11.7. The van der Waals surface area contributed by atoms with E-state index >= 15 is 0 Å². The zero-order valence-corrected chi connectivity index (χ0v) is 19.2. The SMILES string of the molecule is COCN(c1cc(Cl)cnc1C(=O)c1ccccc1N)S(=O)c1ccc(Cl)c(C(F)(F)F)c1. The Morgan fingerprint density at radius 1 is 1.18 bits per heavy atom. The lowest BCUT2D eigenvalue weighted by atomic mass is 10.0. The maximum Gasteiger partial charge on any atom is 0.417 e. The van der Waals surface area contributed by atoms with Crippen LogP contribution in [0.5, 0.6) is 0 Å². The first-order chi connectivity index (χ1) is 15.5. The zero-order chi connectivity index (χ0) is 24.3. The van der Waals surface area contributed by atoms with Gasteiger partial charge in [0.15, 0.2) is 11.0 Å². The number of ether oxygens (including phenoxy) is 1. The minimum atomic E-state index is -4.76. The number of para-hydroxylation sites is 1. The minimum absolute atomic E-state index is 0.0144. The molecule has 1 heterocycles. The minimum Gasteiger partial charge on any atom is -0.398 e. The number of methoxy groups -OCH3 is 1. The third-order valence-corrected chi connectivity index (χ3v) is 6.31. The van der Waals surface area contributed by atoms with Crippen LogP contribution in [0.2, 0.25) is 10.0 Å². The number of nitrogen functional groups attached to an aromatic ring is 1. The number of nitrogens with two attached hydrogens (primary N) is 1. The molecule has 0 spiro atoms. The van der Waals surface area contributed by atoms with Crippen molar-refractivity contribution in [1.82, 2.24) is 4.98 Å². The van der Waals surface area contributed by atoms with E-state index in [-0.39, 0.29) is 39.3 Å². The number of pyridine rings is 1. The van der Waals surface area contributed by atoms with Gasteiger partial charge in [-0.1, -0.05) is 35.3 Å². The third-order valence-electron chi connectivity index (χ3n) is 4.41. The van der Waals surface area contributed by atoms with E-state index in [0.717, 1.165) is 10.4 Å². The van der Waals surface area contributed by atoms with E-state index in [1.54, 1.807) is 12.1 Å². The lowest BCUT2D eigenvalue weighted by Crippen LogP contribution is -2.30. The number of benzene rings is 2. The van der Waals surface area contributed by atoms with Crippen molar-refractivity contribution < 1.29 is 26.9 Å². The Labute approximate surface area is 199 Å². The number of hydrogen-bond donors (Lipinski definition) is 1. The lowest BCUT2D eigenvalue weighted by Gasteiger charge is -2.25. The first kappa shape index (κ1) is 25.0. The molecule has 0 aliphatic carbocycles. The number of aromatic nitrogens is 1. The normalized spacial score (nSPS) is 12.4. The van der Waals surface area contributed by atoms with Crippen LogP contribution in [-0.2, 0) is 21.9 Å². The van der Waals surface area contributed by atoms with E-state index in [9.17, 15) is 22.2 Å². The van der Waals surface area contributed by atoms with E-state index in [2.05, 4.69) is 4.98 Å². The quantitative estimate of drug-likeness (QED) is 0.259. The van der Waals surface area contributed by atoms with Crippen LogP contribution >= 0.6 is 23.2 Å². The molecule has 6 nitrogen and oxygen atoms in total. The molecule has 0 amide bonds. The Kier molecular flexibility index (Phi) is 7.63. The van der Waals surface area contributed by atoms with Crippen molar-refractivity contribution >= 4 is 51.3 Å². The summed E-state index contributed by atoms with van der Waals surface area (Å²) in [6.45, 7) is -0.358. The molecule has 174 valence electrons. The Morgan fingerprint density at radius 2 is 1.88 bits per heavy atom. The van der Waals surface area contributed by atoms with E-state index < -0.39 is 33.5 Å². The van der Waals surface area contributed by atoms with Crippen LogP contribution in [0.25, 0.3) is 0 Å². The fraction of sp³-hybridized carbons (Fsp3) is 0.143. The Bertz CT molecular complexity index is 1220. The molecule has 1 atom stereocenters. The van der Waals surface area contributed by atoms with Crippen LogP contribution in [0.1, 0.15) is 21.6 Å². The number of halogens is 5. The first-order valence-corrected chi connectivity index (χ1v) is 11.0. The summed E-state index contributed by atoms with van der Waals surface area (Å²) in [5.41, 5.74) is 4.91. The van der Waals surface area contributed by atoms with Crippen LogP contribution in [0, 0.1) is 0 Å². The molecule has 0 aliphatic rings. The second kappa shape index (κ2) is 10.1. The van der Waals surface area contributed by atoms with Gasteiger partial charge >= 0.3 is 6.18 Å². The van der Waals surface area contributed by atoms with Gasteiger partial charge in [0, 0.05) is 24.6 Å². The highest BCUT2D eigenvalue weighted by Crippen LogP contribution is 2.37. The van der Waals surface area contributed by atoms with E-state index in [1.807, 2.05) is 0 Å². The summed E-state index contributed by atoms with van der Waals surface area (Å²) in [5.74, 6) is -0.593. The van der Waals surface area contributed by atoms with Gasteiger partial charge in [0.25, 0.3) is 0 Å². The van der Waals surface area contributed by atoms with Crippen molar-refractivity contribution in [1.29, 1.82) is 0 Å². The van der Waals surface area contributed by atoms with Gasteiger partial charge in [0.2, 0.25) is 5.78 Å². The smallest absolute Gasteiger partial charge is 0.398 e. The van der Waals surface area contributed by atoms with Crippen molar-refractivity contribution in [2.75, 3.05) is 23.9 Å². The number of rotatable bonds is 7. The van der Waals surface area contributed by atoms with Gasteiger partial charge in [-0.25, -0.2) is 9.19 Å². The van der Waals surface area contributed by atoms with Gasteiger partial charge in [-0.3, -0.25) is 9.10 Å². The fourth-order valence-electron chi connectivity index (χ4n) is 2.91. The van der Waals surface area contributed by atoms with E-state index in [0.29, 0.717) is 6.07 Å². The highest BCUT2D eigenvalue weighted by Gasteiger charge is 2.34. The standard InChI is InChI=1S/C21H16Cl2F3N3O3S/c1-32-11-29(33(31)13-6-7-16(23)15(9-13)21(24,25)26)18-8-12(22)10-28-19(18)20(30)14-4-2-3-5-17(14)27/h2-10H,11,27H2,1H3. The number of carbonyl (C=O) groups excluding carboxylic acids is 1. The van der Waals surface area contributed by atoms with Gasteiger partial charge in [-0.15, -0.1) is 0 Å². The molecule has 0 bridgehead atoms. The molecular weight excluding hydrogens is 502 g/mol. The number of carbonyl (C=O) groups is 1. The molecule has 2 N–H and O–H groups in total. The summed E-state index contributed by atoms with van der Waals surface area (Å²) < 4.78 is 59.4. The van der Waals surface area contributed by atoms with E-state index in [1.165, 1.54) is 37.6 Å². The summed E-state index contributed by atoms with van der Waals surface area (Å²) in [6.07, 6.45) is -3.54. The molecule has 33 heavy (non-hydrogen) atoms. The summed E-state index contributed by atoms with van der Waals surface area (Å²) in [5, 5.41) is -0.436. The number of nitrogens with zero attached hydrogens (tertiary/aromatic N) is 2. The molecule has 3 aromatic rings. The fourth-order valence-corrected chi connectivity index (χ4v) is 4.46. The van der Waals surface area contributed by atoms with Crippen LogP contribution in [0.4, 0.5) is 24.5 Å². The average molecular weight is 518 g/mol. The van der Waals surface area contributed by atoms with Crippen LogP contribution in [-0.4, -0.2) is 28.8 Å². The molecule has 1 aromatic heterocycles. The Balaban J connectivity index is 2.13. The molecule has 0 fully saturated rings. The van der Waals surface area contributed by atoms with Crippen LogP contribution in [0.3, 0.4) is 0 Å². The average Bonchev–Trinajstić information content (AvgIpc) is 2.76. The van der Waals surface area contributed by atoms with Crippen LogP contribution in [0.15, 0.2) is 59.6 Å². The molecule has 0 saturated heterocycles.